The first-order chi connectivity index (χ1) is 12.2. The van der Waals surface area contributed by atoms with Crippen LogP contribution in [0.1, 0.15) is 29.6 Å². The molecule has 0 unspecified atom stereocenters. The molecule has 2 heterocycles. The summed E-state index contributed by atoms with van der Waals surface area (Å²) in [7, 11) is -4.91. The van der Waals surface area contributed by atoms with Crippen LogP contribution in [0.5, 0.6) is 5.75 Å². The molecule has 2 bridgehead atoms. The summed E-state index contributed by atoms with van der Waals surface area (Å²) >= 11 is 0. The van der Waals surface area contributed by atoms with E-state index in [9.17, 15) is 18.0 Å². The highest BCUT2D eigenvalue weighted by atomic mass is 32.3. The van der Waals surface area contributed by atoms with E-state index in [0.717, 1.165) is 0 Å². The van der Waals surface area contributed by atoms with Crippen molar-refractivity contribution in [2.45, 2.75) is 18.5 Å². The number of rotatable bonds is 7. The summed E-state index contributed by atoms with van der Waals surface area (Å²) < 4.78 is 41.1. The van der Waals surface area contributed by atoms with Crippen molar-refractivity contribution in [3.05, 3.63) is 29.3 Å². The van der Waals surface area contributed by atoms with E-state index >= 15 is 0 Å². The summed E-state index contributed by atoms with van der Waals surface area (Å²) in [6.45, 7) is 0.638. The van der Waals surface area contributed by atoms with Gasteiger partial charge in [-0.25, -0.2) is 4.79 Å². The van der Waals surface area contributed by atoms with Gasteiger partial charge < -0.3 is 21.1 Å². The van der Waals surface area contributed by atoms with Crippen LogP contribution in [-0.2, 0) is 19.5 Å². The number of carbonyl (C=O) groups excluding carboxylic acids is 2. The summed E-state index contributed by atoms with van der Waals surface area (Å²) in [5, 5.41) is 0.571. The van der Waals surface area contributed by atoms with Crippen LogP contribution in [0.15, 0.2) is 18.2 Å². The van der Waals surface area contributed by atoms with Crippen molar-refractivity contribution in [2.24, 2.45) is 11.5 Å². The van der Waals surface area contributed by atoms with Crippen LogP contribution >= 0.6 is 0 Å². The molecule has 0 aromatic heterocycles. The smallest absolute Gasteiger partial charge is 0.418 e. The topological polar surface area (TPSA) is 165 Å². The molecular formula is C14H18N4O7S. The van der Waals surface area contributed by atoms with Crippen LogP contribution in [0, 0.1) is 0 Å². The maximum absolute atomic E-state index is 12.5. The van der Waals surface area contributed by atoms with Crippen LogP contribution in [-0.4, -0.2) is 54.6 Å². The van der Waals surface area contributed by atoms with E-state index in [-0.39, 0.29) is 19.6 Å². The lowest BCUT2D eigenvalue weighted by Crippen LogP contribution is -2.36. The Morgan fingerprint density at radius 2 is 2.08 bits per heavy atom. The van der Waals surface area contributed by atoms with Gasteiger partial charge in [-0.15, -0.1) is 4.28 Å². The number of primary amides is 1. The van der Waals surface area contributed by atoms with E-state index in [1.54, 1.807) is 18.2 Å². The first-order valence-electron chi connectivity index (χ1n) is 7.73. The normalized spacial score (nSPS) is 21.7. The van der Waals surface area contributed by atoms with Gasteiger partial charge in [0.15, 0.2) is 0 Å². The number of fused-ring (bicyclic) bond motifs is 4. The molecule has 1 saturated heterocycles. The number of nitrogens with two attached hydrogens (primary N) is 2. The van der Waals surface area contributed by atoms with Crippen LogP contribution in [0.25, 0.3) is 0 Å². The lowest BCUT2D eigenvalue weighted by molar-refractivity contribution is -0.119. The average Bonchev–Trinajstić information content (AvgIpc) is 2.82. The van der Waals surface area contributed by atoms with Gasteiger partial charge in [-0.2, -0.15) is 13.5 Å². The molecule has 142 valence electrons. The highest BCUT2D eigenvalue weighted by Gasteiger charge is 2.50. The van der Waals surface area contributed by atoms with E-state index in [2.05, 4.69) is 4.28 Å². The van der Waals surface area contributed by atoms with E-state index < -0.39 is 34.4 Å². The fourth-order valence-corrected chi connectivity index (χ4v) is 3.63. The number of ether oxygens (including phenoxy) is 1. The Bertz CT molecular complexity index is 844. The third kappa shape index (κ3) is 3.44. The van der Waals surface area contributed by atoms with E-state index in [0.29, 0.717) is 28.5 Å². The SMILES string of the molecule is NCCOc1ccc2c(c1)[C@@H]1CN(C(=O)N1OS(=O)(=O)O)[C@H]2CC(N)=O. The number of hydrogen-bond acceptors (Lipinski definition) is 7. The Balaban J connectivity index is 2.04. The van der Waals surface area contributed by atoms with E-state index in [4.69, 9.17) is 20.8 Å². The Labute approximate surface area is 149 Å². The quantitative estimate of drug-likeness (QED) is 0.526. The minimum absolute atomic E-state index is 0.0691. The second-order valence-corrected chi connectivity index (χ2v) is 6.90. The minimum Gasteiger partial charge on any atom is -0.492 e. The number of hydroxylamine groups is 2. The standard InChI is InChI=1S/C14H18N4O7S/c15-3-4-24-8-1-2-9-10(5-8)12-7-17(11(9)6-13(16)19)14(20)18(12)25-26(21,22)23/h1-2,5,11-12H,3-4,6-7,15H2,(H2,16,19)(H,21,22,23)/t11-,12-/m0/s1. The Kier molecular flexibility index (Phi) is 4.75. The molecule has 2 atom stereocenters. The van der Waals surface area contributed by atoms with E-state index in [1.807, 2.05) is 0 Å². The molecule has 3 rings (SSSR count). The molecule has 2 aliphatic heterocycles. The highest BCUT2D eigenvalue weighted by molar-refractivity contribution is 7.80. The predicted octanol–water partition coefficient (Wildman–Crippen LogP) is -0.533. The number of amides is 3. The fraction of sp³-hybridized carbons (Fsp3) is 0.429. The van der Waals surface area contributed by atoms with Crippen molar-refractivity contribution in [3.8, 4) is 5.75 Å². The average molecular weight is 386 g/mol. The second kappa shape index (κ2) is 6.72. The third-order valence-electron chi connectivity index (χ3n) is 4.20. The highest BCUT2D eigenvalue weighted by Crippen LogP contribution is 2.46. The van der Waals surface area contributed by atoms with Gasteiger partial charge in [0, 0.05) is 6.54 Å². The molecule has 0 aliphatic carbocycles. The summed E-state index contributed by atoms with van der Waals surface area (Å²) in [5.41, 5.74) is 11.9. The third-order valence-corrected chi connectivity index (χ3v) is 4.54. The van der Waals surface area contributed by atoms with Gasteiger partial charge in [0.05, 0.1) is 19.0 Å². The lowest BCUT2D eigenvalue weighted by atomic mass is 9.89. The predicted molar refractivity (Wildman–Crippen MR) is 86.9 cm³/mol. The first kappa shape index (κ1) is 18.4. The summed E-state index contributed by atoms with van der Waals surface area (Å²) in [4.78, 5) is 25.3. The maximum Gasteiger partial charge on any atom is 0.418 e. The van der Waals surface area contributed by atoms with Crippen LogP contribution in [0.3, 0.4) is 0 Å². The van der Waals surface area contributed by atoms with Gasteiger partial charge in [0.1, 0.15) is 18.4 Å². The van der Waals surface area contributed by atoms with Gasteiger partial charge in [-0.1, -0.05) is 6.07 Å². The molecule has 1 fully saturated rings. The molecule has 1 aromatic rings. The zero-order valence-corrected chi connectivity index (χ0v) is 14.4. The van der Waals surface area contributed by atoms with Crippen molar-refractivity contribution in [3.63, 3.8) is 0 Å². The first-order valence-corrected chi connectivity index (χ1v) is 9.09. The molecule has 11 nitrogen and oxygen atoms in total. The number of benzene rings is 1. The number of nitrogens with zero attached hydrogens (tertiary/aromatic N) is 2. The van der Waals surface area contributed by atoms with Crippen molar-refractivity contribution >= 4 is 22.3 Å². The van der Waals surface area contributed by atoms with Gasteiger partial charge in [0.25, 0.3) is 0 Å². The molecule has 12 heteroatoms. The van der Waals surface area contributed by atoms with Crippen LogP contribution in [0.2, 0.25) is 0 Å². The lowest BCUT2D eigenvalue weighted by Gasteiger charge is -2.32. The molecule has 1 aromatic carbocycles. The summed E-state index contributed by atoms with van der Waals surface area (Å²) in [5.74, 6) is -0.156. The van der Waals surface area contributed by atoms with Gasteiger partial charge >= 0.3 is 16.4 Å². The molecule has 26 heavy (non-hydrogen) atoms. The summed E-state index contributed by atoms with van der Waals surface area (Å²) in [6.07, 6.45) is -0.145. The van der Waals surface area contributed by atoms with Crippen molar-refractivity contribution in [1.82, 2.24) is 9.96 Å². The maximum atomic E-state index is 12.5. The second-order valence-electron chi connectivity index (χ2n) is 5.89. The molecule has 3 amide bonds. The molecule has 0 spiro atoms. The number of carbonyl (C=O) groups is 2. The Morgan fingerprint density at radius 3 is 2.69 bits per heavy atom. The van der Waals surface area contributed by atoms with Gasteiger partial charge in [-0.05, 0) is 23.3 Å². The van der Waals surface area contributed by atoms with Crippen LogP contribution < -0.4 is 16.2 Å². The monoisotopic (exact) mass is 386 g/mol. The van der Waals surface area contributed by atoms with Crippen molar-refractivity contribution in [1.29, 1.82) is 0 Å². The van der Waals surface area contributed by atoms with Crippen molar-refractivity contribution < 1.29 is 31.6 Å². The fourth-order valence-electron chi connectivity index (χ4n) is 3.26. The van der Waals surface area contributed by atoms with Crippen molar-refractivity contribution in [2.75, 3.05) is 19.7 Å². The number of hydrogen-bond donors (Lipinski definition) is 3. The molecule has 0 saturated carbocycles. The Hall–Kier alpha value is -2.41. The van der Waals surface area contributed by atoms with E-state index in [1.165, 1.54) is 4.90 Å². The van der Waals surface area contributed by atoms with Crippen LogP contribution in [0.4, 0.5) is 4.79 Å². The zero-order chi connectivity index (χ0) is 19.1. The minimum atomic E-state index is -4.91. The zero-order valence-electron chi connectivity index (χ0n) is 13.6. The molecule has 2 aliphatic rings. The Morgan fingerprint density at radius 1 is 1.35 bits per heavy atom. The molecule has 0 radical (unpaired) electrons. The van der Waals surface area contributed by atoms with Gasteiger partial charge in [-0.3, -0.25) is 9.35 Å². The largest absolute Gasteiger partial charge is 0.492 e. The molecule has 5 N–H and O–H groups in total. The summed E-state index contributed by atoms with van der Waals surface area (Å²) in [6, 6.07) is 2.69. The molecular weight excluding hydrogens is 368 g/mol. The number of urea groups is 1. The van der Waals surface area contributed by atoms with Gasteiger partial charge in [0.2, 0.25) is 5.91 Å².